The molecule has 0 amide bonds. The number of sulfonamides is 1. The summed E-state index contributed by atoms with van der Waals surface area (Å²) in [6, 6.07) is 3.76. The van der Waals surface area contributed by atoms with Crippen LogP contribution in [-0.4, -0.2) is 18.4 Å². The first-order chi connectivity index (χ1) is 8.47. The molecule has 2 rings (SSSR count). The summed E-state index contributed by atoms with van der Waals surface area (Å²) in [6.07, 6.45) is 3.27. The number of halogens is 1. The fourth-order valence-electron chi connectivity index (χ4n) is 1.20. The average Bonchev–Trinajstić information content (AvgIpc) is 2.32. The Labute approximate surface area is 103 Å². The minimum atomic E-state index is -3.90. The van der Waals surface area contributed by atoms with Crippen LogP contribution in [0.5, 0.6) is 0 Å². The number of anilines is 2. The zero-order chi connectivity index (χ0) is 13.2. The third-order valence-corrected chi connectivity index (χ3v) is 3.34. The standard InChI is InChI=1S/C10H9FN4O2S/c11-7-3-9(6-13-4-7)18(16,17)15-10-2-1-8(12)5-14-10/h1-6H,12H2,(H,14,15). The molecule has 0 saturated carbocycles. The summed E-state index contributed by atoms with van der Waals surface area (Å²) in [5.41, 5.74) is 5.83. The Balaban J connectivity index is 2.30. The van der Waals surface area contributed by atoms with Gasteiger partial charge in [-0.05, 0) is 18.2 Å². The van der Waals surface area contributed by atoms with Gasteiger partial charge in [-0.1, -0.05) is 0 Å². The summed E-state index contributed by atoms with van der Waals surface area (Å²) < 4.78 is 38.8. The first-order valence-corrected chi connectivity index (χ1v) is 6.30. The maximum Gasteiger partial charge on any atom is 0.264 e. The highest BCUT2D eigenvalue weighted by atomic mass is 32.2. The molecule has 18 heavy (non-hydrogen) atoms. The predicted molar refractivity (Wildman–Crippen MR) is 63.7 cm³/mol. The van der Waals surface area contributed by atoms with Gasteiger partial charge in [0.1, 0.15) is 16.5 Å². The fraction of sp³-hybridized carbons (Fsp3) is 0. The number of hydrogen-bond donors (Lipinski definition) is 2. The lowest BCUT2D eigenvalue weighted by atomic mass is 10.4. The summed E-state index contributed by atoms with van der Waals surface area (Å²) in [6.45, 7) is 0. The lowest BCUT2D eigenvalue weighted by molar-refractivity contribution is 0.592. The van der Waals surface area contributed by atoms with E-state index in [0.717, 1.165) is 18.5 Å². The molecule has 0 spiro atoms. The highest BCUT2D eigenvalue weighted by Crippen LogP contribution is 2.14. The molecule has 0 aromatic carbocycles. The Hall–Kier alpha value is -2.22. The SMILES string of the molecule is Nc1ccc(NS(=O)(=O)c2cncc(F)c2)nc1. The maximum atomic E-state index is 12.9. The molecule has 0 saturated heterocycles. The van der Waals surface area contributed by atoms with Crippen molar-refractivity contribution in [3.8, 4) is 0 Å². The van der Waals surface area contributed by atoms with Gasteiger partial charge in [0, 0.05) is 6.20 Å². The molecule has 2 aromatic heterocycles. The maximum absolute atomic E-state index is 12.9. The fourth-order valence-corrected chi connectivity index (χ4v) is 2.18. The van der Waals surface area contributed by atoms with Crippen molar-refractivity contribution in [1.29, 1.82) is 0 Å². The van der Waals surface area contributed by atoms with Crippen LogP contribution in [0.3, 0.4) is 0 Å². The Morgan fingerprint density at radius 2 is 2.00 bits per heavy atom. The number of hydrogen-bond acceptors (Lipinski definition) is 5. The number of nitrogen functional groups attached to an aromatic ring is 1. The average molecular weight is 268 g/mol. The monoisotopic (exact) mass is 268 g/mol. The number of pyridine rings is 2. The summed E-state index contributed by atoms with van der Waals surface area (Å²) in [4.78, 5) is 6.98. The van der Waals surface area contributed by atoms with Crippen molar-refractivity contribution in [2.45, 2.75) is 4.90 Å². The van der Waals surface area contributed by atoms with Crippen molar-refractivity contribution in [3.63, 3.8) is 0 Å². The van der Waals surface area contributed by atoms with Gasteiger partial charge in [0.25, 0.3) is 10.0 Å². The highest BCUT2D eigenvalue weighted by molar-refractivity contribution is 7.92. The minimum Gasteiger partial charge on any atom is -0.397 e. The molecule has 0 bridgehead atoms. The van der Waals surface area contributed by atoms with Crippen molar-refractivity contribution >= 4 is 21.5 Å². The van der Waals surface area contributed by atoms with Gasteiger partial charge in [-0.15, -0.1) is 0 Å². The number of nitrogens with two attached hydrogens (primary N) is 1. The van der Waals surface area contributed by atoms with E-state index < -0.39 is 15.8 Å². The molecule has 0 aliphatic carbocycles. The summed E-state index contributed by atoms with van der Waals surface area (Å²) in [5, 5.41) is 0. The largest absolute Gasteiger partial charge is 0.397 e. The van der Waals surface area contributed by atoms with E-state index in [0.29, 0.717) is 5.69 Å². The minimum absolute atomic E-state index is 0.0912. The Morgan fingerprint density at radius 3 is 2.61 bits per heavy atom. The Morgan fingerprint density at radius 1 is 1.22 bits per heavy atom. The van der Waals surface area contributed by atoms with Gasteiger partial charge in [0.2, 0.25) is 0 Å². The van der Waals surface area contributed by atoms with E-state index in [1.165, 1.54) is 18.3 Å². The van der Waals surface area contributed by atoms with Gasteiger partial charge in [0.15, 0.2) is 0 Å². The van der Waals surface area contributed by atoms with E-state index in [2.05, 4.69) is 14.7 Å². The molecule has 3 N–H and O–H groups in total. The third-order valence-electron chi connectivity index (χ3n) is 2.02. The van der Waals surface area contributed by atoms with E-state index in [1.54, 1.807) is 0 Å². The van der Waals surface area contributed by atoms with Crippen LogP contribution in [0.4, 0.5) is 15.9 Å². The molecule has 0 unspecified atom stereocenters. The molecule has 2 heterocycles. The van der Waals surface area contributed by atoms with Gasteiger partial charge in [0.05, 0.1) is 18.1 Å². The lowest BCUT2D eigenvalue weighted by Crippen LogP contribution is -2.14. The van der Waals surface area contributed by atoms with E-state index >= 15 is 0 Å². The Bertz CT molecular complexity index is 658. The van der Waals surface area contributed by atoms with Crippen LogP contribution in [0.25, 0.3) is 0 Å². The molecular formula is C10H9FN4O2S. The molecule has 0 atom stereocenters. The van der Waals surface area contributed by atoms with Crippen molar-refractivity contribution in [1.82, 2.24) is 9.97 Å². The first-order valence-electron chi connectivity index (χ1n) is 4.82. The van der Waals surface area contributed by atoms with Crippen LogP contribution in [0.1, 0.15) is 0 Å². The number of nitrogens with zero attached hydrogens (tertiary/aromatic N) is 2. The van der Waals surface area contributed by atoms with Crippen molar-refractivity contribution in [3.05, 3.63) is 42.6 Å². The van der Waals surface area contributed by atoms with Crippen molar-refractivity contribution in [2.75, 3.05) is 10.5 Å². The van der Waals surface area contributed by atoms with E-state index in [-0.39, 0.29) is 10.7 Å². The molecule has 0 aliphatic heterocycles. The van der Waals surface area contributed by atoms with Crippen LogP contribution in [0.15, 0.2) is 41.7 Å². The number of rotatable bonds is 3. The topological polar surface area (TPSA) is 98.0 Å². The van der Waals surface area contributed by atoms with Crippen molar-refractivity contribution in [2.24, 2.45) is 0 Å². The summed E-state index contributed by atoms with van der Waals surface area (Å²) >= 11 is 0. The highest BCUT2D eigenvalue weighted by Gasteiger charge is 2.15. The second kappa shape index (κ2) is 4.57. The quantitative estimate of drug-likeness (QED) is 0.865. The van der Waals surface area contributed by atoms with Crippen molar-refractivity contribution < 1.29 is 12.8 Å². The molecular weight excluding hydrogens is 259 g/mol. The molecule has 6 nitrogen and oxygen atoms in total. The zero-order valence-corrected chi connectivity index (χ0v) is 9.86. The zero-order valence-electron chi connectivity index (χ0n) is 9.04. The second-order valence-corrected chi connectivity index (χ2v) is 5.10. The van der Waals surface area contributed by atoms with Gasteiger partial charge in [-0.25, -0.2) is 17.8 Å². The van der Waals surface area contributed by atoms with Gasteiger partial charge >= 0.3 is 0 Å². The lowest BCUT2D eigenvalue weighted by Gasteiger charge is -2.06. The summed E-state index contributed by atoms with van der Waals surface area (Å²) in [5.74, 6) is -0.642. The third kappa shape index (κ3) is 2.72. The summed E-state index contributed by atoms with van der Waals surface area (Å²) in [7, 11) is -3.90. The molecule has 0 radical (unpaired) electrons. The molecule has 0 aliphatic rings. The van der Waals surface area contributed by atoms with E-state index in [4.69, 9.17) is 5.73 Å². The smallest absolute Gasteiger partial charge is 0.264 e. The van der Waals surface area contributed by atoms with Crippen LogP contribution < -0.4 is 10.5 Å². The van der Waals surface area contributed by atoms with E-state index in [1.807, 2.05) is 0 Å². The molecule has 8 heteroatoms. The van der Waals surface area contributed by atoms with Crippen LogP contribution in [0.2, 0.25) is 0 Å². The Kier molecular flexibility index (Phi) is 3.11. The molecule has 94 valence electrons. The van der Waals surface area contributed by atoms with Crippen LogP contribution >= 0.6 is 0 Å². The van der Waals surface area contributed by atoms with Crippen LogP contribution in [-0.2, 0) is 10.0 Å². The normalized spacial score (nSPS) is 11.2. The predicted octanol–water partition coefficient (Wildman–Crippen LogP) is 0.999. The molecule has 0 fully saturated rings. The number of nitrogens with one attached hydrogen (secondary N) is 1. The first kappa shape index (κ1) is 12.2. The van der Waals surface area contributed by atoms with Gasteiger partial charge < -0.3 is 5.73 Å². The molecule has 2 aromatic rings. The second-order valence-electron chi connectivity index (χ2n) is 3.42. The van der Waals surface area contributed by atoms with Gasteiger partial charge in [-0.3, -0.25) is 9.71 Å². The number of aromatic nitrogens is 2. The van der Waals surface area contributed by atoms with Crippen LogP contribution in [0, 0.1) is 5.82 Å². The van der Waals surface area contributed by atoms with E-state index in [9.17, 15) is 12.8 Å². The van der Waals surface area contributed by atoms with Gasteiger partial charge in [-0.2, -0.15) is 0 Å².